The molecule has 0 saturated carbocycles. The molecular formula is C18H15ClN2O2S. The van der Waals surface area contributed by atoms with Crippen molar-refractivity contribution in [2.45, 2.75) is 11.8 Å². The number of nitrogens with one attached hydrogen (secondary N) is 1. The molecular weight excluding hydrogens is 344 g/mol. The number of sulfonamides is 1. The van der Waals surface area contributed by atoms with Crippen molar-refractivity contribution in [3.05, 3.63) is 77.3 Å². The van der Waals surface area contributed by atoms with Gasteiger partial charge >= 0.3 is 0 Å². The molecule has 1 N–H and O–H groups in total. The molecule has 0 spiro atoms. The first-order valence-electron chi connectivity index (χ1n) is 7.26. The van der Waals surface area contributed by atoms with Crippen molar-refractivity contribution in [3.63, 3.8) is 0 Å². The van der Waals surface area contributed by atoms with Crippen LogP contribution in [0.15, 0.2) is 76.7 Å². The van der Waals surface area contributed by atoms with E-state index in [1.165, 1.54) is 24.3 Å². The maximum Gasteiger partial charge on any atom is 0.276 e. The fourth-order valence-electron chi connectivity index (χ4n) is 2.27. The van der Waals surface area contributed by atoms with E-state index in [-0.39, 0.29) is 4.90 Å². The Kier molecular flexibility index (Phi) is 4.55. The fraction of sp³-hybridized carbons (Fsp3) is 0.0556. The predicted molar refractivity (Wildman–Crippen MR) is 97.9 cm³/mol. The van der Waals surface area contributed by atoms with E-state index in [0.717, 1.165) is 16.3 Å². The zero-order valence-electron chi connectivity index (χ0n) is 12.9. The highest BCUT2D eigenvalue weighted by molar-refractivity contribution is 7.89. The van der Waals surface area contributed by atoms with Crippen molar-refractivity contribution < 1.29 is 8.42 Å². The SMILES string of the molecule is CC(=NNS(=O)(=O)c1ccc(Cl)cc1)c1ccc2ccccc2c1. The number of hydrogen-bond donors (Lipinski definition) is 1. The average molecular weight is 359 g/mol. The highest BCUT2D eigenvalue weighted by atomic mass is 35.5. The van der Waals surface area contributed by atoms with Gasteiger partial charge in [0.1, 0.15) is 0 Å². The minimum absolute atomic E-state index is 0.113. The van der Waals surface area contributed by atoms with Crippen LogP contribution in [0.2, 0.25) is 5.02 Å². The molecule has 0 atom stereocenters. The van der Waals surface area contributed by atoms with Gasteiger partial charge in [-0.15, -0.1) is 0 Å². The van der Waals surface area contributed by atoms with E-state index in [9.17, 15) is 8.42 Å². The zero-order chi connectivity index (χ0) is 17.2. The van der Waals surface area contributed by atoms with Crippen molar-refractivity contribution in [3.8, 4) is 0 Å². The summed E-state index contributed by atoms with van der Waals surface area (Å²) in [5.74, 6) is 0. The second kappa shape index (κ2) is 6.63. The van der Waals surface area contributed by atoms with E-state index >= 15 is 0 Å². The third kappa shape index (κ3) is 3.58. The summed E-state index contributed by atoms with van der Waals surface area (Å²) in [6.07, 6.45) is 0. The first-order valence-corrected chi connectivity index (χ1v) is 9.13. The molecule has 0 heterocycles. The lowest BCUT2D eigenvalue weighted by Crippen LogP contribution is -2.19. The van der Waals surface area contributed by atoms with Crippen LogP contribution >= 0.6 is 11.6 Å². The maximum atomic E-state index is 12.2. The van der Waals surface area contributed by atoms with Crippen LogP contribution in [0.4, 0.5) is 0 Å². The van der Waals surface area contributed by atoms with Gasteiger partial charge in [0, 0.05) is 5.02 Å². The van der Waals surface area contributed by atoms with Gasteiger partial charge in [-0.3, -0.25) is 0 Å². The quantitative estimate of drug-likeness (QED) is 0.561. The van der Waals surface area contributed by atoms with Crippen LogP contribution in [-0.4, -0.2) is 14.1 Å². The van der Waals surface area contributed by atoms with Gasteiger partial charge in [-0.2, -0.15) is 18.4 Å². The summed E-state index contributed by atoms with van der Waals surface area (Å²) >= 11 is 5.77. The molecule has 0 bridgehead atoms. The molecule has 6 heteroatoms. The molecule has 0 saturated heterocycles. The second-order valence-corrected chi connectivity index (χ2v) is 7.41. The fourth-order valence-corrected chi connectivity index (χ4v) is 3.26. The number of hydrazone groups is 1. The molecule has 0 aliphatic carbocycles. The monoisotopic (exact) mass is 358 g/mol. The molecule has 0 unspecified atom stereocenters. The van der Waals surface area contributed by atoms with Crippen LogP contribution in [0, 0.1) is 0 Å². The summed E-state index contributed by atoms with van der Waals surface area (Å²) < 4.78 is 24.5. The Labute approximate surface area is 145 Å². The molecule has 0 amide bonds. The molecule has 4 nitrogen and oxygen atoms in total. The Morgan fingerprint density at radius 1 is 0.958 bits per heavy atom. The lowest BCUT2D eigenvalue weighted by atomic mass is 10.0. The number of nitrogens with zero attached hydrogens (tertiary/aromatic N) is 1. The minimum Gasteiger partial charge on any atom is -0.200 e. The summed E-state index contributed by atoms with van der Waals surface area (Å²) in [5, 5.41) is 6.69. The minimum atomic E-state index is -3.72. The van der Waals surface area contributed by atoms with Gasteiger partial charge in [0.15, 0.2) is 0 Å². The van der Waals surface area contributed by atoms with Crippen LogP contribution in [0.5, 0.6) is 0 Å². The Morgan fingerprint density at radius 3 is 2.33 bits per heavy atom. The van der Waals surface area contributed by atoms with Crippen molar-refractivity contribution in [2.75, 3.05) is 0 Å². The number of halogens is 1. The van der Waals surface area contributed by atoms with Crippen LogP contribution < -0.4 is 4.83 Å². The molecule has 0 aliphatic rings. The largest absolute Gasteiger partial charge is 0.276 e. The summed E-state index contributed by atoms with van der Waals surface area (Å²) in [7, 11) is -3.72. The molecule has 3 aromatic rings. The molecule has 24 heavy (non-hydrogen) atoms. The third-order valence-electron chi connectivity index (χ3n) is 3.62. The van der Waals surface area contributed by atoms with Gasteiger partial charge in [-0.1, -0.05) is 48.0 Å². The lowest BCUT2D eigenvalue weighted by Gasteiger charge is -2.06. The van der Waals surface area contributed by atoms with Crippen LogP contribution in [-0.2, 0) is 10.0 Å². The van der Waals surface area contributed by atoms with Crippen molar-refractivity contribution in [1.29, 1.82) is 0 Å². The van der Waals surface area contributed by atoms with Gasteiger partial charge in [-0.05, 0) is 53.6 Å². The topological polar surface area (TPSA) is 58.5 Å². The number of hydrogen-bond acceptors (Lipinski definition) is 3. The Morgan fingerprint density at radius 2 is 1.62 bits per heavy atom. The molecule has 3 aromatic carbocycles. The first-order chi connectivity index (χ1) is 11.5. The van der Waals surface area contributed by atoms with Crippen LogP contribution in [0.25, 0.3) is 10.8 Å². The third-order valence-corrected chi connectivity index (χ3v) is 5.10. The van der Waals surface area contributed by atoms with Crippen molar-refractivity contribution in [2.24, 2.45) is 5.10 Å². The lowest BCUT2D eigenvalue weighted by molar-refractivity contribution is 0.584. The zero-order valence-corrected chi connectivity index (χ0v) is 14.5. The first kappa shape index (κ1) is 16.5. The highest BCUT2D eigenvalue weighted by Gasteiger charge is 2.12. The number of rotatable bonds is 4. The standard InChI is InChI=1S/C18H15ClN2O2S/c1-13(15-7-6-14-4-2-3-5-16(14)12-15)20-21-24(22,23)18-10-8-17(19)9-11-18/h2-12,21H,1H3. The predicted octanol–water partition coefficient (Wildman–Crippen LogP) is 4.20. The maximum absolute atomic E-state index is 12.2. The van der Waals surface area contributed by atoms with E-state index in [4.69, 9.17) is 11.6 Å². The van der Waals surface area contributed by atoms with Crippen LogP contribution in [0.3, 0.4) is 0 Å². The molecule has 3 rings (SSSR count). The summed E-state index contributed by atoms with van der Waals surface area (Å²) in [6.45, 7) is 1.76. The summed E-state index contributed by atoms with van der Waals surface area (Å²) in [4.78, 5) is 2.37. The van der Waals surface area contributed by atoms with E-state index in [2.05, 4.69) is 9.93 Å². The van der Waals surface area contributed by atoms with E-state index in [1.807, 2.05) is 42.5 Å². The van der Waals surface area contributed by atoms with Crippen LogP contribution in [0.1, 0.15) is 12.5 Å². The highest BCUT2D eigenvalue weighted by Crippen LogP contribution is 2.17. The molecule has 0 aromatic heterocycles. The molecule has 122 valence electrons. The van der Waals surface area contributed by atoms with Gasteiger partial charge in [0.25, 0.3) is 10.0 Å². The van der Waals surface area contributed by atoms with Crippen molar-refractivity contribution in [1.82, 2.24) is 4.83 Å². The summed E-state index contributed by atoms with van der Waals surface area (Å²) in [5.41, 5.74) is 1.44. The van der Waals surface area contributed by atoms with Gasteiger partial charge in [-0.25, -0.2) is 0 Å². The smallest absolute Gasteiger partial charge is 0.200 e. The Hall–Kier alpha value is -2.37. The van der Waals surface area contributed by atoms with Crippen molar-refractivity contribution >= 4 is 38.1 Å². The molecule has 0 aliphatic heterocycles. The average Bonchev–Trinajstić information content (AvgIpc) is 2.59. The van der Waals surface area contributed by atoms with E-state index < -0.39 is 10.0 Å². The normalized spacial score (nSPS) is 12.3. The van der Waals surface area contributed by atoms with Gasteiger partial charge in [0.05, 0.1) is 10.6 Å². The van der Waals surface area contributed by atoms with Gasteiger partial charge < -0.3 is 0 Å². The second-order valence-electron chi connectivity index (χ2n) is 5.31. The Balaban J connectivity index is 1.85. The van der Waals surface area contributed by atoms with E-state index in [1.54, 1.807) is 6.92 Å². The molecule has 0 radical (unpaired) electrons. The Bertz CT molecular complexity index is 1010. The number of benzene rings is 3. The summed E-state index contributed by atoms with van der Waals surface area (Å²) in [6, 6.07) is 19.8. The number of fused-ring (bicyclic) bond motifs is 1. The molecule has 0 fully saturated rings. The van der Waals surface area contributed by atoms with E-state index in [0.29, 0.717) is 10.7 Å². The van der Waals surface area contributed by atoms with Gasteiger partial charge in [0.2, 0.25) is 0 Å².